The topological polar surface area (TPSA) is 38.7 Å². The fourth-order valence-electron chi connectivity index (χ4n) is 7.89. The molecule has 0 fully saturated rings. The van der Waals surface area contributed by atoms with Crippen molar-refractivity contribution in [3.63, 3.8) is 0 Å². The van der Waals surface area contributed by atoms with Crippen LogP contribution in [0.5, 0.6) is 0 Å². The number of hydrogen-bond donors (Lipinski definition) is 0. The van der Waals surface area contributed by atoms with Crippen molar-refractivity contribution in [2.45, 2.75) is 38.5 Å². The summed E-state index contributed by atoms with van der Waals surface area (Å²) in [6.45, 7) is 9.35. The molecule has 2 aliphatic carbocycles. The van der Waals surface area contributed by atoms with Gasteiger partial charge < -0.3 is 0 Å². The van der Waals surface area contributed by atoms with Crippen molar-refractivity contribution in [2.75, 3.05) is 0 Å². The highest BCUT2D eigenvalue weighted by atomic mass is 15.0. The number of aromatic nitrogens is 3. The average molecular weight is 618 g/mol. The van der Waals surface area contributed by atoms with E-state index in [2.05, 4.69) is 131 Å². The third-order valence-electron chi connectivity index (χ3n) is 10.6. The minimum Gasteiger partial charge on any atom is -0.208 e. The maximum Gasteiger partial charge on any atom is 0.164 e. The number of fused-ring (bicyclic) bond motifs is 6. The fraction of sp³-hybridized carbons (Fsp3) is 0.133. The minimum absolute atomic E-state index is 0.00594. The average Bonchev–Trinajstić information content (AvgIpc) is 3.50. The molecule has 0 N–H and O–H groups in total. The van der Waals surface area contributed by atoms with Gasteiger partial charge in [0.05, 0.1) is 0 Å². The van der Waals surface area contributed by atoms with Crippen LogP contribution in [0.4, 0.5) is 0 Å². The van der Waals surface area contributed by atoms with Crippen molar-refractivity contribution in [1.29, 1.82) is 0 Å². The predicted molar refractivity (Wildman–Crippen MR) is 197 cm³/mol. The molecule has 1 aromatic heterocycles. The molecule has 7 aromatic rings. The van der Waals surface area contributed by atoms with Gasteiger partial charge in [-0.05, 0) is 73.8 Å². The van der Waals surface area contributed by atoms with Gasteiger partial charge in [0, 0.05) is 27.5 Å². The van der Waals surface area contributed by atoms with Gasteiger partial charge in [-0.3, -0.25) is 0 Å². The van der Waals surface area contributed by atoms with Crippen LogP contribution in [0.1, 0.15) is 49.9 Å². The molecule has 48 heavy (non-hydrogen) atoms. The molecule has 0 bridgehead atoms. The van der Waals surface area contributed by atoms with E-state index >= 15 is 0 Å². The summed E-state index contributed by atoms with van der Waals surface area (Å²) in [6, 6.07) is 49.9. The molecule has 1 heterocycles. The highest BCUT2D eigenvalue weighted by Gasteiger charge is 2.37. The summed E-state index contributed by atoms with van der Waals surface area (Å²) in [6.07, 6.45) is 0. The lowest BCUT2D eigenvalue weighted by Crippen LogP contribution is -2.15. The molecule has 0 spiro atoms. The van der Waals surface area contributed by atoms with Crippen molar-refractivity contribution < 1.29 is 0 Å². The number of hydrogen-bond acceptors (Lipinski definition) is 3. The molecule has 0 aliphatic heterocycles. The van der Waals surface area contributed by atoms with Crippen LogP contribution in [-0.2, 0) is 10.8 Å². The lowest BCUT2D eigenvalue weighted by atomic mass is 9.80. The standard InChI is InChI=1S/C45H35N3/c1-44(2)37-18-12-11-17-33(37)36-25-30(21-24-38(36)44)31-19-22-34-35-23-20-32(27-40(35)45(3,4)39(34)26-31)43-47-41(28-13-7-5-8-14-28)46-42(48-43)29-15-9-6-10-16-29/h5-27H,1-4H3. The van der Waals surface area contributed by atoms with Crippen LogP contribution < -0.4 is 0 Å². The van der Waals surface area contributed by atoms with Gasteiger partial charge in [-0.15, -0.1) is 0 Å². The quantitative estimate of drug-likeness (QED) is 0.197. The molecule has 0 saturated heterocycles. The normalized spacial score (nSPS) is 14.6. The third-order valence-corrected chi connectivity index (χ3v) is 10.6. The summed E-state index contributed by atoms with van der Waals surface area (Å²) < 4.78 is 0. The SMILES string of the molecule is CC1(C)c2ccccc2-c2cc(-c3ccc4c(c3)C(C)(C)c3cc(-c5nc(-c6ccccc6)nc(-c6ccccc6)n5)ccc3-4)ccc21. The number of rotatable bonds is 4. The van der Waals surface area contributed by atoms with E-state index in [1.807, 2.05) is 36.4 Å². The molecule has 0 radical (unpaired) electrons. The van der Waals surface area contributed by atoms with Crippen molar-refractivity contribution in [2.24, 2.45) is 0 Å². The summed E-state index contributed by atoms with van der Waals surface area (Å²) in [5.41, 5.74) is 16.0. The fourth-order valence-corrected chi connectivity index (χ4v) is 7.89. The molecular formula is C45H35N3. The molecule has 2 aliphatic rings. The minimum atomic E-state index is -0.195. The van der Waals surface area contributed by atoms with Crippen LogP contribution in [0.15, 0.2) is 140 Å². The lowest BCUT2D eigenvalue weighted by molar-refractivity contribution is 0.660. The zero-order valence-electron chi connectivity index (χ0n) is 27.6. The first-order valence-corrected chi connectivity index (χ1v) is 16.7. The van der Waals surface area contributed by atoms with Gasteiger partial charge in [-0.2, -0.15) is 0 Å². The molecule has 6 aromatic carbocycles. The van der Waals surface area contributed by atoms with Crippen molar-refractivity contribution in [3.8, 4) is 67.5 Å². The summed E-state index contributed by atoms with van der Waals surface area (Å²) in [5.74, 6) is 2.03. The van der Waals surface area contributed by atoms with Crippen LogP contribution in [0, 0.1) is 0 Å². The Bertz CT molecular complexity index is 2330. The van der Waals surface area contributed by atoms with Crippen molar-refractivity contribution in [3.05, 3.63) is 162 Å². The Kier molecular flexibility index (Phi) is 6.20. The van der Waals surface area contributed by atoms with Crippen molar-refractivity contribution in [1.82, 2.24) is 15.0 Å². The van der Waals surface area contributed by atoms with Gasteiger partial charge >= 0.3 is 0 Å². The highest BCUT2D eigenvalue weighted by molar-refractivity contribution is 5.88. The van der Waals surface area contributed by atoms with E-state index in [4.69, 9.17) is 15.0 Å². The van der Waals surface area contributed by atoms with Gasteiger partial charge in [0.1, 0.15) is 0 Å². The molecule has 0 atom stereocenters. The van der Waals surface area contributed by atoms with Crippen LogP contribution in [0.25, 0.3) is 67.5 Å². The van der Waals surface area contributed by atoms with Gasteiger partial charge in [0.2, 0.25) is 0 Å². The zero-order chi connectivity index (χ0) is 32.6. The summed E-state index contributed by atoms with van der Waals surface area (Å²) in [4.78, 5) is 14.9. The van der Waals surface area contributed by atoms with Crippen LogP contribution in [0.2, 0.25) is 0 Å². The van der Waals surface area contributed by atoms with Crippen LogP contribution in [0.3, 0.4) is 0 Å². The van der Waals surface area contributed by atoms with E-state index in [0.29, 0.717) is 17.5 Å². The molecule has 0 saturated carbocycles. The van der Waals surface area contributed by atoms with E-state index in [1.165, 1.54) is 55.6 Å². The largest absolute Gasteiger partial charge is 0.208 e. The Morgan fingerprint density at radius 3 is 1.35 bits per heavy atom. The van der Waals surface area contributed by atoms with E-state index < -0.39 is 0 Å². The molecule has 3 heteroatoms. The second kappa shape index (κ2) is 10.4. The van der Waals surface area contributed by atoms with E-state index in [-0.39, 0.29) is 10.8 Å². The van der Waals surface area contributed by atoms with E-state index in [1.54, 1.807) is 0 Å². The Balaban J connectivity index is 1.12. The highest BCUT2D eigenvalue weighted by Crippen LogP contribution is 2.52. The molecule has 0 unspecified atom stereocenters. The lowest BCUT2D eigenvalue weighted by Gasteiger charge is -2.23. The summed E-state index contributed by atoms with van der Waals surface area (Å²) in [5, 5.41) is 0. The maximum absolute atomic E-state index is 5.01. The molecule has 0 amide bonds. The Labute approximate surface area is 282 Å². The monoisotopic (exact) mass is 617 g/mol. The molecule has 9 rings (SSSR count). The van der Waals surface area contributed by atoms with Crippen molar-refractivity contribution >= 4 is 0 Å². The molecule has 3 nitrogen and oxygen atoms in total. The first-order chi connectivity index (χ1) is 23.3. The second-order valence-electron chi connectivity index (χ2n) is 14.1. The first-order valence-electron chi connectivity index (χ1n) is 16.7. The summed E-state index contributed by atoms with van der Waals surface area (Å²) >= 11 is 0. The van der Waals surface area contributed by atoms with Gasteiger partial charge in [-0.1, -0.05) is 149 Å². The maximum atomic E-state index is 5.01. The van der Waals surface area contributed by atoms with Gasteiger partial charge in [0.25, 0.3) is 0 Å². The Hall–Kier alpha value is -5.67. The first kappa shape index (κ1) is 28.5. The van der Waals surface area contributed by atoms with Gasteiger partial charge in [-0.25, -0.2) is 15.0 Å². The van der Waals surface area contributed by atoms with E-state index in [9.17, 15) is 0 Å². The van der Waals surface area contributed by atoms with E-state index in [0.717, 1.165) is 16.7 Å². The third kappa shape index (κ3) is 4.31. The second-order valence-corrected chi connectivity index (χ2v) is 14.1. The molecular weight excluding hydrogens is 583 g/mol. The van der Waals surface area contributed by atoms with Gasteiger partial charge in [0.15, 0.2) is 17.5 Å². The Morgan fingerprint density at radius 2 is 0.729 bits per heavy atom. The summed E-state index contributed by atoms with van der Waals surface area (Å²) in [7, 11) is 0. The van der Waals surface area contributed by atoms with Crippen LogP contribution >= 0.6 is 0 Å². The number of benzene rings is 6. The predicted octanol–water partition coefficient (Wildman–Crippen LogP) is 11.2. The number of nitrogens with zero attached hydrogens (tertiary/aromatic N) is 3. The molecule has 230 valence electrons. The smallest absolute Gasteiger partial charge is 0.164 e. The Morgan fingerprint density at radius 1 is 0.312 bits per heavy atom. The zero-order valence-corrected chi connectivity index (χ0v) is 27.6. The van der Waals surface area contributed by atoms with Crippen LogP contribution in [-0.4, -0.2) is 15.0 Å².